The molecule has 100 valence electrons. The van der Waals surface area contributed by atoms with Crippen LogP contribution in [-0.4, -0.2) is 48.4 Å². The zero-order chi connectivity index (χ0) is 13.8. The molecule has 0 saturated carbocycles. The van der Waals surface area contributed by atoms with E-state index in [-0.39, 0.29) is 5.91 Å². The van der Waals surface area contributed by atoms with Crippen LogP contribution in [0.2, 0.25) is 10.0 Å². The monoisotopic (exact) mass is 296 g/mol. The summed E-state index contributed by atoms with van der Waals surface area (Å²) in [6.07, 6.45) is 5.28. The number of carbonyl (C=O) groups excluding carboxylic acids is 1. The van der Waals surface area contributed by atoms with E-state index in [2.05, 4.69) is 10.8 Å². The lowest BCUT2D eigenvalue weighted by Gasteiger charge is -2.33. The van der Waals surface area contributed by atoms with Crippen LogP contribution in [0.5, 0.6) is 0 Å². The zero-order valence-corrected chi connectivity index (χ0v) is 11.9. The van der Waals surface area contributed by atoms with Crippen LogP contribution in [-0.2, 0) is 0 Å². The van der Waals surface area contributed by atoms with Gasteiger partial charge in [-0.1, -0.05) is 35.2 Å². The third-order valence-corrected chi connectivity index (χ3v) is 3.98. The topological polar surface area (TPSA) is 23.6 Å². The third kappa shape index (κ3) is 3.22. The summed E-state index contributed by atoms with van der Waals surface area (Å²) in [6, 6.07) is 5.10. The number of rotatable bonds is 2. The van der Waals surface area contributed by atoms with Crippen molar-refractivity contribution in [1.29, 1.82) is 0 Å². The molecule has 0 aliphatic carbocycles. The molecular formula is C14H14Cl2N2O. The zero-order valence-electron chi connectivity index (χ0n) is 10.4. The van der Waals surface area contributed by atoms with Gasteiger partial charge in [-0.3, -0.25) is 9.69 Å². The van der Waals surface area contributed by atoms with Gasteiger partial charge >= 0.3 is 0 Å². The number of piperazine rings is 1. The number of hydrogen-bond acceptors (Lipinski definition) is 2. The highest BCUT2D eigenvalue weighted by Gasteiger charge is 2.23. The standard InChI is InChI=1S/C14H14Cl2N2O/c1-2-6-17-7-9-18(10-8-17)14(19)11-4-3-5-12(15)13(11)16/h1,3-5H,6-10H2. The van der Waals surface area contributed by atoms with Gasteiger partial charge in [0.1, 0.15) is 0 Å². The Balaban J connectivity index is 2.06. The van der Waals surface area contributed by atoms with E-state index in [1.165, 1.54) is 0 Å². The summed E-state index contributed by atoms with van der Waals surface area (Å²) in [6.45, 7) is 3.51. The van der Waals surface area contributed by atoms with Crippen LogP contribution in [0, 0.1) is 12.3 Å². The number of benzene rings is 1. The predicted octanol–water partition coefficient (Wildman–Crippen LogP) is 2.38. The molecule has 0 N–H and O–H groups in total. The van der Waals surface area contributed by atoms with Crippen LogP contribution < -0.4 is 0 Å². The van der Waals surface area contributed by atoms with Crippen LogP contribution in [0.4, 0.5) is 0 Å². The Morgan fingerprint density at radius 2 is 1.95 bits per heavy atom. The molecule has 1 amide bonds. The summed E-state index contributed by atoms with van der Waals surface area (Å²) in [7, 11) is 0. The van der Waals surface area contributed by atoms with Gasteiger partial charge in [0.15, 0.2) is 0 Å². The molecule has 5 heteroatoms. The van der Waals surface area contributed by atoms with Crippen LogP contribution >= 0.6 is 23.2 Å². The second kappa shape index (κ2) is 6.29. The van der Waals surface area contributed by atoms with Gasteiger partial charge in [0.2, 0.25) is 0 Å². The first-order chi connectivity index (χ1) is 9.13. The highest BCUT2D eigenvalue weighted by atomic mass is 35.5. The van der Waals surface area contributed by atoms with E-state index in [0.717, 1.165) is 13.1 Å². The first-order valence-electron chi connectivity index (χ1n) is 6.02. The lowest BCUT2D eigenvalue weighted by atomic mass is 10.2. The maximum Gasteiger partial charge on any atom is 0.255 e. The SMILES string of the molecule is C#CCN1CCN(C(=O)c2cccc(Cl)c2Cl)CC1. The van der Waals surface area contributed by atoms with Gasteiger partial charge < -0.3 is 4.90 Å². The van der Waals surface area contributed by atoms with Gasteiger partial charge in [0.25, 0.3) is 5.91 Å². The highest BCUT2D eigenvalue weighted by Crippen LogP contribution is 2.26. The molecule has 1 saturated heterocycles. The third-order valence-electron chi connectivity index (χ3n) is 3.16. The van der Waals surface area contributed by atoms with Crippen molar-refractivity contribution in [2.45, 2.75) is 0 Å². The average molecular weight is 297 g/mol. The molecule has 1 heterocycles. The second-order valence-electron chi connectivity index (χ2n) is 4.37. The number of nitrogens with zero attached hydrogens (tertiary/aromatic N) is 2. The first-order valence-corrected chi connectivity index (χ1v) is 6.78. The Bertz CT molecular complexity index is 517. The van der Waals surface area contributed by atoms with Crippen molar-refractivity contribution in [2.75, 3.05) is 32.7 Å². The van der Waals surface area contributed by atoms with E-state index in [1.807, 2.05) is 0 Å². The van der Waals surface area contributed by atoms with Crippen LogP contribution in [0.25, 0.3) is 0 Å². The van der Waals surface area contributed by atoms with E-state index in [9.17, 15) is 4.79 Å². The number of halogens is 2. The van der Waals surface area contributed by atoms with Gasteiger partial charge in [-0.15, -0.1) is 6.42 Å². The molecule has 2 rings (SSSR count). The molecular weight excluding hydrogens is 283 g/mol. The molecule has 0 bridgehead atoms. The Morgan fingerprint density at radius 1 is 1.26 bits per heavy atom. The molecule has 0 spiro atoms. The Morgan fingerprint density at radius 3 is 2.58 bits per heavy atom. The summed E-state index contributed by atoms with van der Waals surface area (Å²) in [5.74, 6) is 2.54. The van der Waals surface area contributed by atoms with E-state index >= 15 is 0 Å². The summed E-state index contributed by atoms with van der Waals surface area (Å²) >= 11 is 12.0. The van der Waals surface area contributed by atoms with Gasteiger partial charge in [-0.05, 0) is 12.1 Å². The van der Waals surface area contributed by atoms with Crippen LogP contribution in [0.1, 0.15) is 10.4 Å². The van der Waals surface area contributed by atoms with E-state index in [1.54, 1.807) is 23.1 Å². The average Bonchev–Trinajstić information content (AvgIpc) is 2.42. The van der Waals surface area contributed by atoms with Crippen molar-refractivity contribution < 1.29 is 4.79 Å². The number of carbonyl (C=O) groups is 1. The summed E-state index contributed by atoms with van der Waals surface area (Å²) in [5.41, 5.74) is 0.458. The van der Waals surface area contributed by atoms with Gasteiger partial charge in [0, 0.05) is 26.2 Å². The summed E-state index contributed by atoms with van der Waals surface area (Å²) in [4.78, 5) is 16.3. The van der Waals surface area contributed by atoms with E-state index < -0.39 is 0 Å². The van der Waals surface area contributed by atoms with Gasteiger partial charge in [0.05, 0.1) is 22.2 Å². The minimum Gasteiger partial charge on any atom is -0.336 e. The molecule has 0 radical (unpaired) electrons. The number of terminal acetylenes is 1. The molecule has 1 aromatic carbocycles. The maximum absolute atomic E-state index is 12.4. The minimum atomic E-state index is -0.0761. The fraction of sp³-hybridized carbons (Fsp3) is 0.357. The largest absolute Gasteiger partial charge is 0.336 e. The Kier molecular flexibility index (Phi) is 4.71. The molecule has 0 atom stereocenters. The molecule has 1 fully saturated rings. The first kappa shape index (κ1) is 14.2. The second-order valence-corrected chi connectivity index (χ2v) is 5.16. The van der Waals surface area contributed by atoms with Crippen molar-refractivity contribution in [3.05, 3.63) is 33.8 Å². The molecule has 19 heavy (non-hydrogen) atoms. The Hall–Kier alpha value is -1.21. The minimum absolute atomic E-state index is 0.0761. The van der Waals surface area contributed by atoms with Crippen molar-refractivity contribution >= 4 is 29.1 Å². The summed E-state index contributed by atoms with van der Waals surface area (Å²) < 4.78 is 0. The lowest BCUT2D eigenvalue weighted by molar-refractivity contribution is 0.0652. The van der Waals surface area contributed by atoms with Gasteiger partial charge in [-0.2, -0.15) is 0 Å². The molecule has 1 aliphatic heterocycles. The fourth-order valence-electron chi connectivity index (χ4n) is 2.08. The lowest BCUT2D eigenvalue weighted by Crippen LogP contribution is -2.48. The molecule has 0 aromatic heterocycles. The van der Waals surface area contributed by atoms with Crippen molar-refractivity contribution in [3.63, 3.8) is 0 Å². The normalized spacial score (nSPS) is 16.2. The molecule has 1 aliphatic rings. The quantitative estimate of drug-likeness (QED) is 0.783. The van der Waals surface area contributed by atoms with Crippen molar-refractivity contribution in [1.82, 2.24) is 9.80 Å². The number of hydrogen-bond donors (Lipinski definition) is 0. The smallest absolute Gasteiger partial charge is 0.255 e. The van der Waals surface area contributed by atoms with Crippen LogP contribution in [0.3, 0.4) is 0 Å². The maximum atomic E-state index is 12.4. The van der Waals surface area contributed by atoms with Crippen molar-refractivity contribution in [2.24, 2.45) is 0 Å². The number of amides is 1. The van der Waals surface area contributed by atoms with E-state index in [0.29, 0.717) is 35.2 Å². The Labute approximate surface area is 123 Å². The fourth-order valence-corrected chi connectivity index (χ4v) is 2.46. The van der Waals surface area contributed by atoms with Crippen molar-refractivity contribution in [3.8, 4) is 12.3 Å². The van der Waals surface area contributed by atoms with Gasteiger partial charge in [-0.25, -0.2) is 0 Å². The predicted molar refractivity (Wildman–Crippen MR) is 77.6 cm³/mol. The molecule has 0 unspecified atom stereocenters. The van der Waals surface area contributed by atoms with Crippen LogP contribution in [0.15, 0.2) is 18.2 Å². The van der Waals surface area contributed by atoms with E-state index in [4.69, 9.17) is 29.6 Å². The summed E-state index contributed by atoms with van der Waals surface area (Å²) in [5, 5.41) is 0.721. The highest BCUT2D eigenvalue weighted by molar-refractivity contribution is 6.43. The molecule has 1 aromatic rings. The molecule has 3 nitrogen and oxygen atoms in total.